The molecular formula is C25H23F3N2O4S. The summed E-state index contributed by atoms with van der Waals surface area (Å²) in [5.74, 6) is 0.909. The van der Waals surface area contributed by atoms with Gasteiger partial charge in [0.05, 0.1) is 41.0 Å². The van der Waals surface area contributed by atoms with Crippen molar-refractivity contribution in [3.8, 4) is 11.5 Å². The molecule has 0 aromatic heterocycles. The van der Waals surface area contributed by atoms with Gasteiger partial charge in [0.15, 0.2) is 0 Å². The monoisotopic (exact) mass is 504 g/mol. The summed E-state index contributed by atoms with van der Waals surface area (Å²) in [5, 5.41) is 0. The maximum Gasteiger partial charge on any atom is 0.416 e. The van der Waals surface area contributed by atoms with Crippen molar-refractivity contribution < 1.29 is 31.6 Å². The highest BCUT2D eigenvalue weighted by molar-refractivity contribution is 7.85. The molecule has 3 aromatic rings. The summed E-state index contributed by atoms with van der Waals surface area (Å²) in [6, 6.07) is 12.7. The minimum atomic E-state index is -4.59. The van der Waals surface area contributed by atoms with Crippen molar-refractivity contribution in [2.24, 2.45) is 4.99 Å². The second-order valence-electron chi connectivity index (χ2n) is 7.89. The molecule has 4 rings (SSSR count). The summed E-state index contributed by atoms with van der Waals surface area (Å²) in [7, 11) is 1.06. The lowest BCUT2D eigenvalue weighted by molar-refractivity contribution is -0.137. The van der Waals surface area contributed by atoms with Gasteiger partial charge in [-0.3, -0.25) is 0 Å². The van der Waals surface area contributed by atoms with Gasteiger partial charge < -0.3 is 19.9 Å². The van der Waals surface area contributed by atoms with Crippen molar-refractivity contribution >= 4 is 22.4 Å². The van der Waals surface area contributed by atoms with Crippen molar-refractivity contribution in [1.82, 2.24) is 0 Å². The van der Waals surface area contributed by atoms with Crippen molar-refractivity contribution in [2.75, 3.05) is 26.6 Å². The van der Waals surface area contributed by atoms with Crippen LogP contribution in [0.2, 0.25) is 0 Å². The Kier molecular flexibility index (Phi) is 6.75. The van der Waals surface area contributed by atoms with Gasteiger partial charge in [0.25, 0.3) is 0 Å². The van der Waals surface area contributed by atoms with Crippen molar-refractivity contribution in [3.05, 3.63) is 76.9 Å². The largest absolute Gasteiger partial charge is 0.494 e. The average Bonchev–Trinajstić information content (AvgIpc) is 3.33. The molecule has 10 heteroatoms. The molecule has 1 heterocycles. The van der Waals surface area contributed by atoms with Gasteiger partial charge in [-0.1, -0.05) is 17.7 Å². The normalized spacial score (nSPS) is 16.4. The third kappa shape index (κ3) is 4.97. The fourth-order valence-corrected chi connectivity index (χ4v) is 4.89. The second kappa shape index (κ2) is 9.61. The molecule has 0 saturated carbocycles. The van der Waals surface area contributed by atoms with Gasteiger partial charge in [0.1, 0.15) is 29.8 Å². The van der Waals surface area contributed by atoms with Crippen LogP contribution < -0.4 is 15.2 Å². The summed E-state index contributed by atoms with van der Waals surface area (Å²) < 4.78 is 70.1. The minimum absolute atomic E-state index is 0.0319. The number of nitrogen functional groups attached to an aromatic ring is 1. The van der Waals surface area contributed by atoms with Crippen LogP contribution >= 0.6 is 0 Å². The quantitative estimate of drug-likeness (QED) is 0.461. The standard InChI is InChI=1S/C25H23F3N2O4S/c1-14-4-7-17(8-5-14)35(31)22-12-16(25(26,27)28)6-9-18(22)24-30-19(13-34-24)15-10-20(32-2)23(29)21(11-15)33-3/h4-12,19H,13,29H2,1-3H3/t19?,35-/m0/s1. The number of methoxy groups -OCH3 is 2. The first-order valence-electron chi connectivity index (χ1n) is 10.5. The van der Waals surface area contributed by atoms with Crippen LogP contribution in [0.15, 0.2) is 69.4 Å². The number of halogens is 3. The summed E-state index contributed by atoms with van der Waals surface area (Å²) in [4.78, 5) is 4.92. The van der Waals surface area contributed by atoms with E-state index in [0.29, 0.717) is 27.6 Å². The van der Waals surface area contributed by atoms with Crippen LogP contribution in [0.3, 0.4) is 0 Å². The van der Waals surface area contributed by atoms with Gasteiger partial charge in [-0.25, -0.2) is 9.20 Å². The van der Waals surface area contributed by atoms with Crippen LogP contribution in [0, 0.1) is 6.92 Å². The van der Waals surface area contributed by atoms with Gasteiger partial charge in [-0.15, -0.1) is 0 Å². The Morgan fingerprint density at radius 3 is 2.23 bits per heavy atom. The van der Waals surface area contributed by atoms with Crippen molar-refractivity contribution in [2.45, 2.75) is 28.9 Å². The fourth-order valence-electron chi connectivity index (χ4n) is 3.66. The van der Waals surface area contributed by atoms with E-state index >= 15 is 0 Å². The van der Waals surface area contributed by atoms with Crippen LogP contribution in [0.5, 0.6) is 11.5 Å². The Morgan fingerprint density at radius 2 is 1.66 bits per heavy atom. The average molecular weight is 505 g/mol. The van der Waals surface area contributed by atoms with E-state index in [4.69, 9.17) is 19.9 Å². The third-order valence-corrected chi connectivity index (χ3v) is 7.01. The number of alkyl halides is 3. The molecule has 0 bridgehead atoms. The molecular weight excluding hydrogens is 481 g/mol. The zero-order valence-corrected chi connectivity index (χ0v) is 20.0. The number of aliphatic imine (C=N–C) groups is 1. The molecule has 0 aliphatic carbocycles. The van der Waals surface area contributed by atoms with E-state index in [1.165, 1.54) is 20.3 Å². The zero-order valence-electron chi connectivity index (χ0n) is 19.2. The summed E-state index contributed by atoms with van der Waals surface area (Å²) in [6.07, 6.45) is -4.59. The second-order valence-corrected chi connectivity index (χ2v) is 9.34. The van der Waals surface area contributed by atoms with Crippen LogP contribution in [0.1, 0.15) is 28.3 Å². The topological polar surface area (TPSA) is 83.1 Å². The van der Waals surface area contributed by atoms with Crippen LogP contribution in [-0.2, 0) is 21.7 Å². The lowest BCUT2D eigenvalue weighted by atomic mass is 10.1. The smallest absolute Gasteiger partial charge is 0.416 e. The van der Waals surface area contributed by atoms with E-state index in [1.54, 1.807) is 36.4 Å². The summed E-state index contributed by atoms with van der Waals surface area (Å²) >= 11 is 0. The highest BCUT2D eigenvalue weighted by atomic mass is 32.2. The first-order chi connectivity index (χ1) is 16.6. The molecule has 2 atom stereocenters. The Balaban J connectivity index is 1.78. The van der Waals surface area contributed by atoms with Gasteiger partial charge >= 0.3 is 6.18 Å². The molecule has 6 nitrogen and oxygen atoms in total. The number of rotatable bonds is 6. The van der Waals surface area contributed by atoms with E-state index < -0.39 is 28.6 Å². The molecule has 35 heavy (non-hydrogen) atoms. The lowest BCUT2D eigenvalue weighted by Gasteiger charge is -2.13. The predicted molar refractivity (Wildman–Crippen MR) is 126 cm³/mol. The highest BCUT2D eigenvalue weighted by Gasteiger charge is 2.33. The molecule has 1 unspecified atom stereocenters. The number of hydrogen-bond acceptors (Lipinski definition) is 6. The Labute approximate surface area is 203 Å². The van der Waals surface area contributed by atoms with E-state index in [-0.39, 0.29) is 23.0 Å². The maximum absolute atomic E-state index is 13.5. The summed E-state index contributed by atoms with van der Waals surface area (Å²) in [5.41, 5.74) is 7.31. The van der Waals surface area contributed by atoms with Gasteiger partial charge in [0.2, 0.25) is 5.90 Å². The number of hydrogen-bond donors (Lipinski definition) is 1. The molecule has 3 aromatic carbocycles. The lowest BCUT2D eigenvalue weighted by Crippen LogP contribution is -2.11. The Bertz CT molecular complexity index is 1280. The molecule has 0 radical (unpaired) electrons. The SMILES string of the molecule is COc1cc(C2COC(c3ccc(C(F)(F)F)cc3[S@@](=O)c3ccc(C)cc3)=N2)cc(OC)c1N. The molecule has 0 saturated heterocycles. The molecule has 1 aliphatic heterocycles. The zero-order chi connectivity index (χ0) is 25.3. The van der Waals surface area contributed by atoms with E-state index in [0.717, 1.165) is 17.7 Å². The van der Waals surface area contributed by atoms with E-state index in [1.807, 2.05) is 6.92 Å². The van der Waals surface area contributed by atoms with Gasteiger partial charge in [-0.2, -0.15) is 13.2 Å². The van der Waals surface area contributed by atoms with Crippen LogP contribution in [-0.4, -0.2) is 30.9 Å². The number of benzene rings is 3. The van der Waals surface area contributed by atoms with Crippen molar-refractivity contribution in [3.63, 3.8) is 0 Å². The van der Waals surface area contributed by atoms with Crippen LogP contribution in [0.4, 0.5) is 18.9 Å². The third-order valence-electron chi connectivity index (χ3n) is 5.58. The number of nitrogens with zero attached hydrogens (tertiary/aromatic N) is 1. The number of ether oxygens (including phenoxy) is 3. The first-order valence-corrected chi connectivity index (χ1v) is 11.7. The molecule has 0 spiro atoms. The molecule has 184 valence electrons. The highest BCUT2D eigenvalue weighted by Crippen LogP contribution is 2.38. The maximum atomic E-state index is 13.5. The Morgan fingerprint density at radius 1 is 1.03 bits per heavy atom. The fraction of sp³-hybridized carbons (Fsp3) is 0.240. The minimum Gasteiger partial charge on any atom is -0.494 e. The number of nitrogens with two attached hydrogens (primary N) is 1. The molecule has 0 fully saturated rings. The van der Waals surface area contributed by atoms with Crippen molar-refractivity contribution in [1.29, 1.82) is 0 Å². The molecule has 2 N–H and O–H groups in total. The molecule has 0 amide bonds. The van der Waals surface area contributed by atoms with E-state index in [9.17, 15) is 17.4 Å². The van der Waals surface area contributed by atoms with Gasteiger partial charge in [0, 0.05) is 4.90 Å². The summed E-state index contributed by atoms with van der Waals surface area (Å²) in [6.45, 7) is 1.99. The first kappa shape index (κ1) is 24.6. The predicted octanol–water partition coefficient (Wildman–Crippen LogP) is 5.30. The molecule has 1 aliphatic rings. The number of aryl methyl sites for hydroxylation is 1. The van der Waals surface area contributed by atoms with Crippen LogP contribution in [0.25, 0.3) is 0 Å². The number of anilines is 1. The van der Waals surface area contributed by atoms with E-state index in [2.05, 4.69) is 4.99 Å². The van der Waals surface area contributed by atoms with Gasteiger partial charge in [-0.05, 0) is 55.0 Å². The Hall–Kier alpha value is -3.53.